The van der Waals surface area contributed by atoms with Crippen LogP contribution in [0.3, 0.4) is 0 Å². The van der Waals surface area contributed by atoms with Crippen LogP contribution in [0.1, 0.15) is 25.0 Å². The van der Waals surface area contributed by atoms with Gasteiger partial charge in [0, 0.05) is 34.6 Å². The van der Waals surface area contributed by atoms with Crippen LogP contribution in [-0.2, 0) is 32.6 Å². The second kappa shape index (κ2) is 15.4. The number of ether oxygens (including phenoxy) is 1. The summed E-state index contributed by atoms with van der Waals surface area (Å²) >= 11 is 13.1. The standard InChI is InChI=1S/C34H34Cl2FN3O5S/c1-23(2)38-34(42)32(20-24-8-5-4-6-9-24)39(21-29-30(35)10-7-11-31(29)36)33(41)22-40(26-14-12-25(37)13-15-26)46(43,44)28-18-16-27(45-3)17-19-28/h4-19,23,32H,20-22H2,1-3H3,(H,38,42)/t32-/m1/s1. The van der Waals surface area contributed by atoms with Crippen LogP contribution in [0.4, 0.5) is 10.1 Å². The maximum absolute atomic E-state index is 14.5. The number of methoxy groups -OCH3 is 1. The molecule has 0 unspecified atom stereocenters. The highest BCUT2D eigenvalue weighted by Crippen LogP contribution is 2.29. The zero-order valence-corrected chi connectivity index (χ0v) is 27.8. The van der Waals surface area contributed by atoms with Gasteiger partial charge in [0.25, 0.3) is 10.0 Å². The van der Waals surface area contributed by atoms with Gasteiger partial charge in [0.15, 0.2) is 0 Å². The summed E-state index contributed by atoms with van der Waals surface area (Å²) in [4.78, 5) is 29.4. The molecule has 0 saturated heterocycles. The van der Waals surface area contributed by atoms with Crippen LogP contribution in [0, 0.1) is 5.82 Å². The molecule has 0 aromatic heterocycles. The summed E-state index contributed by atoms with van der Waals surface area (Å²) < 4.78 is 48.2. The van der Waals surface area contributed by atoms with Gasteiger partial charge in [-0.3, -0.25) is 13.9 Å². The van der Waals surface area contributed by atoms with E-state index < -0.39 is 40.2 Å². The fourth-order valence-corrected chi connectivity index (χ4v) is 6.73. The van der Waals surface area contributed by atoms with Crippen molar-refractivity contribution in [2.24, 2.45) is 0 Å². The lowest BCUT2D eigenvalue weighted by Gasteiger charge is -2.34. The first-order valence-corrected chi connectivity index (χ1v) is 16.6. The van der Waals surface area contributed by atoms with Crippen LogP contribution in [0.15, 0.2) is 102 Å². The van der Waals surface area contributed by atoms with E-state index in [1.54, 1.807) is 32.0 Å². The Morgan fingerprint density at radius 1 is 0.870 bits per heavy atom. The Kier molecular flexibility index (Phi) is 11.7. The molecular formula is C34H34Cl2FN3O5S. The molecule has 0 aliphatic heterocycles. The van der Waals surface area contributed by atoms with E-state index in [0.717, 1.165) is 22.0 Å². The van der Waals surface area contributed by atoms with Gasteiger partial charge in [-0.1, -0.05) is 59.6 Å². The maximum atomic E-state index is 14.5. The fraction of sp³-hybridized carbons (Fsp3) is 0.235. The monoisotopic (exact) mass is 685 g/mol. The van der Waals surface area contributed by atoms with Gasteiger partial charge in [-0.25, -0.2) is 12.8 Å². The molecule has 2 amide bonds. The first kappa shape index (κ1) is 34.7. The van der Waals surface area contributed by atoms with Crippen LogP contribution in [0.2, 0.25) is 10.0 Å². The molecule has 0 spiro atoms. The van der Waals surface area contributed by atoms with Crippen molar-refractivity contribution < 1.29 is 27.1 Å². The highest BCUT2D eigenvalue weighted by molar-refractivity contribution is 7.92. The summed E-state index contributed by atoms with van der Waals surface area (Å²) in [6.45, 7) is 2.68. The lowest BCUT2D eigenvalue weighted by molar-refractivity contribution is -0.140. The van der Waals surface area contributed by atoms with Crippen molar-refractivity contribution in [2.75, 3.05) is 18.0 Å². The molecule has 4 aromatic carbocycles. The second-order valence-corrected chi connectivity index (χ2v) is 13.4. The zero-order chi connectivity index (χ0) is 33.4. The van der Waals surface area contributed by atoms with E-state index >= 15 is 0 Å². The first-order valence-electron chi connectivity index (χ1n) is 14.4. The molecule has 1 atom stereocenters. The Hall–Kier alpha value is -4.12. The van der Waals surface area contributed by atoms with Gasteiger partial charge in [0.1, 0.15) is 24.2 Å². The maximum Gasteiger partial charge on any atom is 0.264 e. The van der Waals surface area contributed by atoms with Crippen molar-refractivity contribution in [3.05, 3.63) is 124 Å². The Labute approximate surface area is 278 Å². The van der Waals surface area contributed by atoms with E-state index in [1.165, 1.54) is 48.4 Å². The lowest BCUT2D eigenvalue weighted by atomic mass is 10.0. The van der Waals surface area contributed by atoms with E-state index in [2.05, 4.69) is 5.32 Å². The number of hydrogen-bond acceptors (Lipinski definition) is 5. The quantitative estimate of drug-likeness (QED) is 0.173. The average molecular weight is 687 g/mol. The smallest absolute Gasteiger partial charge is 0.264 e. The summed E-state index contributed by atoms with van der Waals surface area (Å²) in [5.41, 5.74) is 1.21. The molecule has 0 heterocycles. The number of rotatable bonds is 13. The van der Waals surface area contributed by atoms with Gasteiger partial charge >= 0.3 is 0 Å². The second-order valence-electron chi connectivity index (χ2n) is 10.8. The molecule has 0 aliphatic rings. The third kappa shape index (κ3) is 8.57. The van der Waals surface area contributed by atoms with Crippen molar-refractivity contribution in [2.45, 2.75) is 43.8 Å². The van der Waals surface area contributed by atoms with Gasteiger partial charge in [0.2, 0.25) is 11.8 Å². The predicted molar refractivity (Wildman–Crippen MR) is 178 cm³/mol. The predicted octanol–water partition coefficient (Wildman–Crippen LogP) is 6.50. The number of carbonyl (C=O) groups excluding carboxylic acids is 2. The number of nitrogens with one attached hydrogen (secondary N) is 1. The molecule has 0 saturated carbocycles. The fourth-order valence-electron chi connectivity index (χ4n) is 4.80. The topological polar surface area (TPSA) is 96.0 Å². The third-order valence-electron chi connectivity index (χ3n) is 7.13. The van der Waals surface area contributed by atoms with Crippen LogP contribution in [0.25, 0.3) is 0 Å². The summed E-state index contributed by atoms with van der Waals surface area (Å²) in [6.07, 6.45) is 0.120. The highest BCUT2D eigenvalue weighted by Gasteiger charge is 2.35. The largest absolute Gasteiger partial charge is 0.497 e. The van der Waals surface area contributed by atoms with Crippen LogP contribution >= 0.6 is 23.2 Å². The molecule has 1 N–H and O–H groups in total. The van der Waals surface area contributed by atoms with Gasteiger partial charge in [-0.2, -0.15) is 0 Å². The minimum absolute atomic E-state index is 0.0486. The molecule has 4 rings (SSSR count). The molecule has 0 fully saturated rings. The molecular weight excluding hydrogens is 652 g/mol. The number of sulfonamides is 1. The Balaban J connectivity index is 1.83. The number of halogens is 3. The normalized spacial score (nSPS) is 12.0. The van der Waals surface area contributed by atoms with Crippen molar-refractivity contribution >= 4 is 50.7 Å². The first-order chi connectivity index (χ1) is 21.9. The number of amides is 2. The lowest BCUT2D eigenvalue weighted by Crippen LogP contribution is -2.54. The summed E-state index contributed by atoms with van der Waals surface area (Å²) in [6, 6.07) is 23.1. The molecule has 46 heavy (non-hydrogen) atoms. The minimum atomic E-state index is -4.38. The van der Waals surface area contributed by atoms with Crippen molar-refractivity contribution in [3.8, 4) is 5.75 Å². The molecule has 0 radical (unpaired) electrons. The summed E-state index contributed by atoms with van der Waals surface area (Å²) in [5, 5.41) is 3.43. The highest BCUT2D eigenvalue weighted by atomic mass is 35.5. The Morgan fingerprint density at radius 3 is 2.04 bits per heavy atom. The number of hydrogen-bond donors (Lipinski definition) is 1. The Bertz CT molecular complexity index is 1740. The molecule has 8 nitrogen and oxygen atoms in total. The van der Waals surface area contributed by atoms with E-state index in [4.69, 9.17) is 27.9 Å². The minimum Gasteiger partial charge on any atom is -0.497 e. The summed E-state index contributed by atoms with van der Waals surface area (Å²) in [5.74, 6) is -1.30. The molecule has 0 bridgehead atoms. The molecule has 4 aromatic rings. The number of benzene rings is 4. The Morgan fingerprint density at radius 2 is 1.48 bits per heavy atom. The van der Waals surface area contributed by atoms with Gasteiger partial charge in [-0.15, -0.1) is 0 Å². The van der Waals surface area contributed by atoms with Crippen LogP contribution < -0.4 is 14.4 Å². The number of carbonyl (C=O) groups is 2. The number of nitrogens with zero attached hydrogens (tertiary/aromatic N) is 2. The van der Waals surface area contributed by atoms with E-state index in [9.17, 15) is 22.4 Å². The van der Waals surface area contributed by atoms with E-state index in [0.29, 0.717) is 11.3 Å². The molecule has 12 heteroatoms. The third-order valence-corrected chi connectivity index (χ3v) is 9.63. The van der Waals surface area contributed by atoms with Gasteiger partial charge in [-0.05, 0) is 80.1 Å². The molecule has 242 valence electrons. The number of anilines is 1. The molecule has 0 aliphatic carbocycles. The SMILES string of the molecule is COc1ccc(S(=O)(=O)N(CC(=O)N(Cc2c(Cl)cccc2Cl)[C@H](Cc2ccccc2)C(=O)NC(C)C)c2ccc(F)cc2)cc1. The van der Waals surface area contributed by atoms with Gasteiger partial charge in [0.05, 0.1) is 17.7 Å². The van der Waals surface area contributed by atoms with Crippen LogP contribution in [0.5, 0.6) is 5.75 Å². The van der Waals surface area contributed by atoms with Gasteiger partial charge < -0.3 is 15.0 Å². The average Bonchev–Trinajstić information content (AvgIpc) is 3.03. The van der Waals surface area contributed by atoms with Crippen molar-refractivity contribution in [1.82, 2.24) is 10.2 Å². The van der Waals surface area contributed by atoms with E-state index in [-0.39, 0.29) is 39.6 Å². The van der Waals surface area contributed by atoms with Crippen molar-refractivity contribution in [1.29, 1.82) is 0 Å². The van der Waals surface area contributed by atoms with Crippen LogP contribution in [-0.4, -0.2) is 50.9 Å². The van der Waals surface area contributed by atoms with E-state index in [1.807, 2.05) is 30.3 Å². The summed E-state index contributed by atoms with van der Waals surface area (Å²) in [7, 11) is -2.93. The van der Waals surface area contributed by atoms with Crippen molar-refractivity contribution in [3.63, 3.8) is 0 Å². The zero-order valence-electron chi connectivity index (χ0n) is 25.5.